The van der Waals surface area contributed by atoms with E-state index in [9.17, 15) is 24.6 Å². The molecule has 7 nitrogen and oxygen atoms in total. The SMILES string of the molecule is CC(=O)OC[C@]1(C)[C@@H]2CC[C@]3(C)[C@H](CC=C4[C@H]5[C@](C(=O)O)(CC[C@@H](C)[C@@]5(C)O)CC[C@]43C)[C@@]2(C)CC[C@H]1OC(C)=O. The van der Waals surface area contributed by atoms with Gasteiger partial charge in [0.25, 0.3) is 0 Å². The summed E-state index contributed by atoms with van der Waals surface area (Å²) >= 11 is 0. The molecule has 0 heterocycles. The van der Waals surface area contributed by atoms with Crippen LogP contribution in [0.5, 0.6) is 0 Å². The Hall–Kier alpha value is -1.89. The molecule has 2 N–H and O–H groups in total. The summed E-state index contributed by atoms with van der Waals surface area (Å²) in [5.74, 6) is -1.22. The monoisotopic (exact) mass is 572 g/mol. The molecule has 0 saturated heterocycles. The first-order valence-electron chi connectivity index (χ1n) is 15.9. The Morgan fingerprint density at radius 3 is 2.20 bits per heavy atom. The second kappa shape index (κ2) is 9.56. The predicted molar refractivity (Wildman–Crippen MR) is 155 cm³/mol. The molecule has 5 aliphatic carbocycles. The number of carboxylic acids is 1. The largest absolute Gasteiger partial charge is 0.481 e. The Balaban J connectivity index is 1.59. The van der Waals surface area contributed by atoms with Crippen molar-refractivity contribution in [3.63, 3.8) is 0 Å². The van der Waals surface area contributed by atoms with Crippen LogP contribution in [0.15, 0.2) is 11.6 Å². The maximum atomic E-state index is 13.0. The van der Waals surface area contributed by atoms with Gasteiger partial charge in [-0.1, -0.05) is 46.3 Å². The van der Waals surface area contributed by atoms with E-state index in [1.54, 1.807) is 0 Å². The van der Waals surface area contributed by atoms with Crippen LogP contribution in [0.25, 0.3) is 0 Å². The van der Waals surface area contributed by atoms with E-state index in [4.69, 9.17) is 9.47 Å². The highest BCUT2D eigenvalue weighted by Gasteiger charge is 2.72. The highest BCUT2D eigenvalue weighted by Crippen LogP contribution is 2.76. The van der Waals surface area contributed by atoms with Crippen molar-refractivity contribution in [1.29, 1.82) is 0 Å². The van der Waals surface area contributed by atoms with E-state index in [0.29, 0.717) is 18.8 Å². The molecule has 0 aromatic carbocycles. The summed E-state index contributed by atoms with van der Waals surface area (Å²) in [6.45, 7) is 16.4. The molecule has 0 bridgehead atoms. The van der Waals surface area contributed by atoms with E-state index in [2.05, 4.69) is 40.7 Å². The van der Waals surface area contributed by atoms with Crippen LogP contribution in [0.2, 0.25) is 0 Å². The van der Waals surface area contributed by atoms with Gasteiger partial charge in [-0.05, 0) is 98.7 Å². The molecular formula is C34H52O7. The number of ether oxygens (including phenoxy) is 2. The summed E-state index contributed by atoms with van der Waals surface area (Å²) in [5, 5.41) is 22.6. The Labute approximate surface area is 245 Å². The molecule has 0 aliphatic heterocycles. The smallest absolute Gasteiger partial charge is 0.310 e. The van der Waals surface area contributed by atoms with Crippen LogP contribution in [0.3, 0.4) is 0 Å². The first kappa shape index (κ1) is 30.6. The third-order valence-corrected chi connectivity index (χ3v) is 14.1. The first-order valence-corrected chi connectivity index (χ1v) is 15.9. The number of carbonyl (C=O) groups excluding carboxylic acids is 2. The van der Waals surface area contributed by atoms with Gasteiger partial charge in [-0.3, -0.25) is 14.4 Å². The molecular weight excluding hydrogens is 520 g/mol. The highest BCUT2D eigenvalue weighted by molar-refractivity contribution is 5.77. The van der Waals surface area contributed by atoms with Crippen LogP contribution in [0.4, 0.5) is 0 Å². The molecule has 41 heavy (non-hydrogen) atoms. The molecule has 0 unspecified atom stereocenters. The van der Waals surface area contributed by atoms with Gasteiger partial charge in [-0.2, -0.15) is 0 Å². The predicted octanol–water partition coefficient (Wildman–Crippen LogP) is 6.32. The number of aliphatic carboxylic acids is 1. The minimum absolute atomic E-state index is 0.0283. The molecule has 0 aromatic heterocycles. The molecule has 5 rings (SSSR count). The van der Waals surface area contributed by atoms with Gasteiger partial charge in [0.1, 0.15) is 12.7 Å². The van der Waals surface area contributed by atoms with Crippen molar-refractivity contribution in [3.05, 3.63) is 11.6 Å². The third kappa shape index (κ3) is 4.03. The van der Waals surface area contributed by atoms with Crippen molar-refractivity contribution < 1.29 is 34.1 Å². The molecule has 11 atom stereocenters. The number of fused-ring (bicyclic) bond motifs is 7. The number of carboxylic acid groups (broad SMARTS) is 1. The van der Waals surface area contributed by atoms with Gasteiger partial charge >= 0.3 is 17.9 Å². The number of rotatable bonds is 4. The molecule has 7 heteroatoms. The van der Waals surface area contributed by atoms with Crippen LogP contribution < -0.4 is 0 Å². The van der Waals surface area contributed by atoms with Gasteiger partial charge in [-0.15, -0.1) is 0 Å². The fourth-order valence-electron chi connectivity index (χ4n) is 11.5. The standard InChI is InChI=1S/C34H52O7/c1-20-11-16-34(28(37)38)18-17-31(6)23(27(34)33(20,8)39)9-10-25-29(4)14-13-26(41-22(3)36)30(5,19-40-21(2)35)24(29)12-15-32(25,31)7/h9,20,24-27,39H,10-19H2,1-8H3,(H,37,38)/t20-,24-,25-,26-,27-,29+,30-,31-,32-,33-,34+/m1/s1. The zero-order valence-electron chi connectivity index (χ0n) is 26.5. The average molecular weight is 573 g/mol. The number of esters is 2. The maximum absolute atomic E-state index is 13.0. The number of hydrogen-bond donors (Lipinski definition) is 2. The lowest BCUT2D eigenvalue weighted by Crippen LogP contribution is -2.68. The van der Waals surface area contributed by atoms with E-state index in [-0.39, 0.29) is 52.7 Å². The number of hydrogen-bond acceptors (Lipinski definition) is 6. The summed E-state index contributed by atoms with van der Waals surface area (Å²) in [5.41, 5.74) is -1.71. The molecule has 4 saturated carbocycles. The number of carbonyl (C=O) groups is 3. The van der Waals surface area contributed by atoms with Gasteiger partial charge in [0.15, 0.2) is 0 Å². The minimum Gasteiger partial charge on any atom is -0.481 e. The van der Waals surface area contributed by atoms with Crippen molar-refractivity contribution >= 4 is 17.9 Å². The Morgan fingerprint density at radius 2 is 1.59 bits per heavy atom. The molecule has 4 fully saturated rings. The van der Waals surface area contributed by atoms with Crippen molar-refractivity contribution in [1.82, 2.24) is 0 Å². The topological polar surface area (TPSA) is 110 Å². The van der Waals surface area contributed by atoms with Crippen molar-refractivity contribution in [3.8, 4) is 0 Å². The first-order chi connectivity index (χ1) is 18.9. The maximum Gasteiger partial charge on any atom is 0.310 e. The fourth-order valence-corrected chi connectivity index (χ4v) is 11.5. The zero-order chi connectivity index (χ0) is 30.4. The molecule has 0 radical (unpaired) electrons. The summed E-state index contributed by atoms with van der Waals surface area (Å²) < 4.78 is 11.6. The number of aliphatic hydroxyl groups is 1. The van der Waals surface area contributed by atoms with Crippen LogP contribution in [-0.4, -0.2) is 46.4 Å². The molecule has 0 spiro atoms. The van der Waals surface area contributed by atoms with Crippen LogP contribution >= 0.6 is 0 Å². The van der Waals surface area contributed by atoms with Gasteiger partial charge in [-0.25, -0.2) is 0 Å². The summed E-state index contributed by atoms with van der Waals surface area (Å²) in [7, 11) is 0. The lowest BCUT2D eigenvalue weighted by Gasteiger charge is -2.71. The van der Waals surface area contributed by atoms with Crippen LogP contribution in [0.1, 0.15) is 113 Å². The quantitative estimate of drug-likeness (QED) is 0.300. The van der Waals surface area contributed by atoms with E-state index < -0.39 is 28.3 Å². The van der Waals surface area contributed by atoms with Gasteiger partial charge in [0.2, 0.25) is 0 Å². The van der Waals surface area contributed by atoms with Crippen molar-refractivity contribution in [2.45, 2.75) is 125 Å². The molecule has 0 amide bonds. The molecule has 0 aromatic rings. The van der Waals surface area contributed by atoms with Gasteiger partial charge < -0.3 is 19.7 Å². The van der Waals surface area contributed by atoms with Gasteiger partial charge in [0.05, 0.1) is 11.0 Å². The van der Waals surface area contributed by atoms with E-state index in [1.165, 1.54) is 19.4 Å². The Kier molecular flexibility index (Phi) is 7.12. The fraction of sp³-hybridized carbons (Fsp3) is 0.853. The second-order valence-electron chi connectivity index (χ2n) is 15.8. The summed E-state index contributed by atoms with van der Waals surface area (Å²) in [6.07, 6.45) is 9.13. The van der Waals surface area contributed by atoms with Crippen molar-refractivity contribution in [2.75, 3.05) is 6.61 Å². The normalized spacial score (nSPS) is 50.7. The summed E-state index contributed by atoms with van der Waals surface area (Å²) in [4.78, 5) is 37.0. The van der Waals surface area contributed by atoms with E-state index >= 15 is 0 Å². The van der Waals surface area contributed by atoms with Gasteiger partial charge in [0, 0.05) is 25.2 Å². The average Bonchev–Trinajstić information content (AvgIpc) is 2.87. The highest BCUT2D eigenvalue weighted by atomic mass is 16.6. The lowest BCUT2D eigenvalue weighted by atomic mass is 9.33. The Morgan fingerprint density at radius 1 is 0.902 bits per heavy atom. The zero-order valence-corrected chi connectivity index (χ0v) is 26.5. The molecule has 5 aliphatic rings. The minimum atomic E-state index is -1.08. The van der Waals surface area contributed by atoms with E-state index in [0.717, 1.165) is 44.9 Å². The summed E-state index contributed by atoms with van der Waals surface area (Å²) in [6, 6.07) is 0. The van der Waals surface area contributed by atoms with E-state index in [1.807, 2.05) is 6.92 Å². The van der Waals surface area contributed by atoms with Crippen LogP contribution in [0, 0.1) is 50.7 Å². The number of allylic oxidation sites excluding steroid dienone is 1. The third-order valence-electron chi connectivity index (χ3n) is 14.1. The lowest BCUT2D eigenvalue weighted by molar-refractivity contribution is -0.232. The second-order valence-corrected chi connectivity index (χ2v) is 15.8. The van der Waals surface area contributed by atoms with Crippen LogP contribution in [-0.2, 0) is 23.9 Å². The Bertz CT molecular complexity index is 1160. The molecule has 230 valence electrons. The van der Waals surface area contributed by atoms with Crippen molar-refractivity contribution in [2.24, 2.45) is 50.7 Å².